The van der Waals surface area contributed by atoms with Crippen LogP contribution in [-0.2, 0) is 23.3 Å². The summed E-state index contributed by atoms with van der Waals surface area (Å²) in [4.78, 5) is 25.9. The molecule has 1 amide bonds. The zero-order chi connectivity index (χ0) is 26.3. The Kier molecular flexibility index (Phi) is 6.35. The minimum Gasteiger partial charge on any atom is -0.292 e. The van der Waals surface area contributed by atoms with E-state index in [-0.39, 0.29) is 17.4 Å². The zero-order valence-electron chi connectivity index (χ0n) is 22.4. The Hall–Kier alpha value is -3.94. The van der Waals surface area contributed by atoms with Crippen molar-refractivity contribution in [2.75, 3.05) is 4.90 Å². The summed E-state index contributed by atoms with van der Waals surface area (Å²) in [5, 5.41) is 13.2. The third-order valence-corrected chi connectivity index (χ3v) is 6.66. The average molecular weight is 496 g/mol. The Morgan fingerprint density at radius 3 is 2.30 bits per heavy atom. The molecule has 1 aliphatic heterocycles. The van der Waals surface area contributed by atoms with E-state index in [0.717, 1.165) is 45.2 Å². The number of rotatable bonds is 5. The van der Waals surface area contributed by atoms with Crippen LogP contribution in [-0.4, -0.2) is 36.1 Å². The second-order valence-corrected chi connectivity index (χ2v) is 10.9. The van der Waals surface area contributed by atoms with Crippen molar-refractivity contribution in [1.82, 2.24) is 30.2 Å². The summed E-state index contributed by atoms with van der Waals surface area (Å²) in [5.74, 6) is 2.43. The Morgan fingerprint density at radius 2 is 1.65 bits per heavy atom. The van der Waals surface area contributed by atoms with Crippen LogP contribution >= 0.6 is 0 Å². The molecular formula is C29H33N7O. The van der Waals surface area contributed by atoms with Gasteiger partial charge in [-0.05, 0) is 56.0 Å². The van der Waals surface area contributed by atoms with Gasteiger partial charge in [0.15, 0.2) is 0 Å². The van der Waals surface area contributed by atoms with Gasteiger partial charge >= 0.3 is 0 Å². The lowest BCUT2D eigenvalue weighted by Gasteiger charge is -2.30. The van der Waals surface area contributed by atoms with Gasteiger partial charge in [-0.3, -0.25) is 9.69 Å². The molecule has 0 saturated heterocycles. The van der Waals surface area contributed by atoms with Gasteiger partial charge in [-0.2, -0.15) is 4.80 Å². The second-order valence-electron chi connectivity index (χ2n) is 10.9. The van der Waals surface area contributed by atoms with Crippen molar-refractivity contribution in [3.8, 4) is 22.5 Å². The topological polar surface area (TPSA) is 89.7 Å². The average Bonchev–Trinajstić information content (AvgIpc) is 3.37. The van der Waals surface area contributed by atoms with E-state index < -0.39 is 0 Å². The molecule has 8 nitrogen and oxygen atoms in total. The fourth-order valence-corrected chi connectivity index (χ4v) is 4.53. The molecule has 190 valence electrons. The molecule has 5 rings (SSSR count). The number of aryl methyl sites for hydroxylation is 1. The van der Waals surface area contributed by atoms with E-state index in [9.17, 15) is 4.79 Å². The molecule has 1 aliphatic rings. The molecule has 0 fully saturated rings. The number of amides is 1. The second kappa shape index (κ2) is 9.50. The van der Waals surface area contributed by atoms with E-state index in [1.54, 1.807) is 4.80 Å². The van der Waals surface area contributed by atoms with E-state index in [0.29, 0.717) is 25.2 Å². The van der Waals surface area contributed by atoms with Crippen LogP contribution in [0.25, 0.3) is 22.5 Å². The van der Waals surface area contributed by atoms with Crippen LogP contribution in [0.2, 0.25) is 0 Å². The number of anilines is 1. The number of tetrazole rings is 1. The van der Waals surface area contributed by atoms with Crippen molar-refractivity contribution in [2.45, 2.75) is 72.4 Å². The molecule has 37 heavy (non-hydrogen) atoms. The number of fused-ring (bicyclic) bond motifs is 1. The summed E-state index contributed by atoms with van der Waals surface area (Å²) in [6.07, 6.45) is 1.17. The number of carbonyl (C=O) groups is 1. The molecule has 0 spiro atoms. The SMILES string of the molecule is Cc1nc(C(C)C)nc2c1CCC(=O)N2Cc1ccc(-c2ccccc2-c2nnn(C(C)(C)C)n2)cc1. The number of nitrogens with zero attached hydrogens (tertiary/aromatic N) is 7. The fraction of sp³-hybridized carbons (Fsp3) is 0.379. The smallest absolute Gasteiger partial charge is 0.228 e. The van der Waals surface area contributed by atoms with Crippen LogP contribution in [0, 0.1) is 6.92 Å². The highest BCUT2D eigenvalue weighted by atomic mass is 16.2. The van der Waals surface area contributed by atoms with E-state index in [1.807, 2.05) is 50.8 Å². The lowest BCUT2D eigenvalue weighted by atomic mass is 9.97. The number of hydrogen-bond donors (Lipinski definition) is 0. The fourth-order valence-electron chi connectivity index (χ4n) is 4.53. The van der Waals surface area contributed by atoms with Crippen molar-refractivity contribution in [3.63, 3.8) is 0 Å². The molecule has 0 bridgehead atoms. The molecule has 2 aromatic carbocycles. The molecule has 2 aromatic heterocycles. The third-order valence-electron chi connectivity index (χ3n) is 6.66. The van der Waals surface area contributed by atoms with Gasteiger partial charge in [0.1, 0.15) is 11.6 Å². The molecule has 3 heterocycles. The number of benzene rings is 2. The monoisotopic (exact) mass is 495 g/mol. The first-order valence-corrected chi connectivity index (χ1v) is 12.8. The van der Waals surface area contributed by atoms with Crippen molar-refractivity contribution in [3.05, 3.63) is 71.2 Å². The van der Waals surface area contributed by atoms with E-state index in [1.165, 1.54) is 0 Å². The van der Waals surface area contributed by atoms with Crippen LogP contribution in [0.15, 0.2) is 48.5 Å². The first-order valence-electron chi connectivity index (χ1n) is 12.8. The van der Waals surface area contributed by atoms with Gasteiger partial charge in [0.25, 0.3) is 0 Å². The zero-order valence-corrected chi connectivity index (χ0v) is 22.4. The molecule has 0 unspecified atom stereocenters. The molecule has 0 atom stereocenters. The lowest BCUT2D eigenvalue weighted by molar-refractivity contribution is -0.119. The number of carbonyl (C=O) groups excluding carboxylic acids is 1. The normalized spacial score (nSPS) is 13.8. The quantitative estimate of drug-likeness (QED) is 0.365. The number of hydrogen-bond acceptors (Lipinski definition) is 6. The molecule has 0 aliphatic carbocycles. The van der Waals surface area contributed by atoms with Crippen LogP contribution in [0.3, 0.4) is 0 Å². The van der Waals surface area contributed by atoms with Gasteiger partial charge in [0, 0.05) is 29.2 Å². The highest BCUT2D eigenvalue weighted by molar-refractivity contribution is 5.95. The van der Waals surface area contributed by atoms with E-state index >= 15 is 0 Å². The Bertz CT molecular complexity index is 1450. The summed E-state index contributed by atoms with van der Waals surface area (Å²) >= 11 is 0. The predicted molar refractivity (Wildman–Crippen MR) is 144 cm³/mol. The molecule has 0 radical (unpaired) electrons. The minimum atomic E-state index is -0.244. The molecule has 0 N–H and O–H groups in total. The van der Waals surface area contributed by atoms with Gasteiger partial charge in [-0.1, -0.05) is 62.4 Å². The Balaban J connectivity index is 1.44. The van der Waals surface area contributed by atoms with Gasteiger partial charge in [0.05, 0.1) is 12.1 Å². The Labute approximate surface area is 217 Å². The summed E-state index contributed by atoms with van der Waals surface area (Å²) in [5.41, 5.74) is 5.86. The maximum Gasteiger partial charge on any atom is 0.228 e. The standard InChI is InChI=1S/C29H33N7O/c1-18(2)26-30-19(3)22-15-16-25(37)35(28(22)31-26)17-20-11-13-21(14-12-20)23-9-7-8-10-24(23)27-32-34-36(33-27)29(4,5)6/h7-14,18H,15-17H2,1-6H3. The van der Waals surface area contributed by atoms with Gasteiger partial charge in [0.2, 0.25) is 11.7 Å². The maximum atomic E-state index is 13.0. The third kappa shape index (κ3) is 4.88. The van der Waals surface area contributed by atoms with Crippen LogP contribution < -0.4 is 4.90 Å². The highest BCUT2D eigenvalue weighted by Crippen LogP contribution is 2.33. The van der Waals surface area contributed by atoms with Gasteiger partial charge < -0.3 is 0 Å². The summed E-state index contributed by atoms with van der Waals surface area (Å²) < 4.78 is 0. The van der Waals surface area contributed by atoms with Crippen molar-refractivity contribution < 1.29 is 4.79 Å². The van der Waals surface area contributed by atoms with Crippen molar-refractivity contribution >= 4 is 11.7 Å². The van der Waals surface area contributed by atoms with Gasteiger partial charge in [-0.15, -0.1) is 10.2 Å². The maximum absolute atomic E-state index is 13.0. The van der Waals surface area contributed by atoms with Crippen LogP contribution in [0.1, 0.15) is 69.6 Å². The van der Waals surface area contributed by atoms with Crippen molar-refractivity contribution in [1.29, 1.82) is 0 Å². The van der Waals surface area contributed by atoms with E-state index in [4.69, 9.17) is 4.98 Å². The minimum absolute atomic E-state index is 0.0998. The molecular weight excluding hydrogens is 462 g/mol. The lowest BCUT2D eigenvalue weighted by Crippen LogP contribution is -2.36. The first kappa shape index (κ1) is 24.7. The molecule has 0 saturated carbocycles. The summed E-state index contributed by atoms with van der Waals surface area (Å²) in [6.45, 7) is 12.8. The first-order chi connectivity index (χ1) is 17.6. The molecule has 8 heteroatoms. The summed E-state index contributed by atoms with van der Waals surface area (Å²) in [7, 11) is 0. The van der Waals surface area contributed by atoms with Crippen molar-refractivity contribution in [2.24, 2.45) is 0 Å². The highest BCUT2D eigenvalue weighted by Gasteiger charge is 2.28. The number of aromatic nitrogens is 6. The van der Waals surface area contributed by atoms with Crippen LogP contribution in [0.4, 0.5) is 5.82 Å². The van der Waals surface area contributed by atoms with Crippen LogP contribution in [0.5, 0.6) is 0 Å². The Morgan fingerprint density at radius 1 is 0.946 bits per heavy atom. The summed E-state index contributed by atoms with van der Waals surface area (Å²) in [6, 6.07) is 16.4. The predicted octanol–water partition coefficient (Wildman–Crippen LogP) is 5.46. The van der Waals surface area contributed by atoms with E-state index in [2.05, 4.69) is 64.6 Å². The largest absolute Gasteiger partial charge is 0.292 e. The molecule has 4 aromatic rings. The van der Waals surface area contributed by atoms with Gasteiger partial charge in [-0.25, -0.2) is 9.97 Å².